The number of aryl methyl sites for hydroxylation is 1. The van der Waals surface area contributed by atoms with Crippen molar-refractivity contribution in [3.8, 4) is 11.5 Å². The first-order valence-electron chi connectivity index (χ1n) is 8.45. The summed E-state index contributed by atoms with van der Waals surface area (Å²) in [4.78, 5) is 14.1. The topological polar surface area (TPSA) is 84.9 Å². The SMILES string of the molecule is COc1ccc(N2C[C@H](NS(=O)(=O)c3ccc(OC)c(C)c3)CC2=O)cc1. The number of hydrogen-bond donors (Lipinski definition) is 1. The molecule has 0 aliphatic carbocycles. The second-order valence-corrected chi connectivity index (χ2v) is 8.07. The molecule has 1 N–H and O–H groups in total. The summed E-state index contributed by atoms with van der Waals surface area (Å²) in [5, 5.41) is 0. The van der Waals surface area contributed by atoms with Crippen molar-refractivity contribution in [2.24, 2.45) is 0 Å². The maximum atomic E-state index is 12.7. The molecule has 2 aromatic carbocycles. The minimum absolute atomic E-state index is 0.112. The number of methoxy groups -OCH3 is 2. The van der Waals surface area contributed by atoms with E-state index < -0.39 is 16.1 Å². The number of nitrogens with zero attached hydrogens (tertiary/aromatic N) is 1. The van der Waals surface area contributed by atoms with Gasteiger partial charge in [0.1, 0.15) is 11.5 Å². The minimum atomic E-state index is -3.74. The van der Waals surface area contributed by atoms with Crippen LogP contribution in [0.2, 0.25) is 0 Å². The third kappa shape index (κ3) is 4.06. The summed E-state index contributed by atoms with van der Waals surface area (Å²) in [6.45, 7) is 2.06. The Bertz CT molecular complexity index is 941. The maximum Gasteiger partial charge on any atom is 0.240 e. The molecule has 0 unspecified atom stereocenters. The Kier molecular flexibility index (Phi) is 5.38. The molecular weight excluding hydrogens is 368 g/mol. The fourth-order valence-electron chi connectivity index (χ4n) is 3.10. The standard InChI is InChI=1S/C19H22N2O5S/c1-13-10-17(8-9-18(13)26-3)27(23,24)20-14-11-19(22)21(12-14)15-4-6-16(25-2)7-5-15/h4-10,14,20H,11-12H2,1-3H3/t14-/m1/s1. The molecule has 3 rings (SSSR count). The molecule has 0 saturated carbocycles. The van der Waals surface area contributed by atoms with Crippen molar-refractivity contribution >= 4 is 21.6 Å². The molecular formula is C19H22N2O5S. The lowest BCUT2D eigenvalue weighted by atomic mass is 10.2. The van der Waals surface area contributed by atoms with Crippen LogP contribution in [0.25, 0.3) is 0 Å². The van der Waals surface area contributed by atoms with Crippen LogP contribution in [0, 0.1) is 6.92 Å². The van der Waals surface area contributed by atoms with Crippen LogP contribution < -0.4 is 19.1 Å². The zero-order valence-corrected chi connectivity index (χ0v) is 16.2. The lowest BCUT2D eigenvalue weighted by molar-refractivity contribution is -0.117. The van der Waals surface area contributed by atoms with Crippen LogP contribution in [0.4, 0.5) is 5.69 Å². The number of amides is 1. The minimum Gasteiger partial charge on any atom is -0.497 e. The molecule has 0 bridgehead atoms. The molecule has 0 spiro atoms. The van der Waals surface area contributed by atoms with Gasteiger partial charge >= 0.3 is 0 Å². The van der Waals surface area contributed by atoms with Gasteiger partial charge in [0.25, 0.3) is 0 Å². The predicted octanol–water partition coefficient (Wildman–Crippen LogP) is 2.10. The number of ether oxygens (including phenoxy) is 2. The predicted molar refractivity (Wildman–Crippen MR) is 102 cm³/mol. The van der Waals surface area contributed by atoms with Crippen LogP contribution in [0.15, 0.2) is 47.4 Å². The smallest absolute Gasteiger partial charge is 0.240 e. The molecule has 144 valence electrons. The van der Waals surface area contributed by atoms with Crippen LogP contribution in [0.1, 0.15) is 12.0 Å². The molecule has 27 heavy (non-hydrogen) atoms. The number of anilines is 1. The normalized spacial score (nSPS) is 17.2. The number of carbonyl (C=O) groups is 1. The van der Waals surface area contributed by atoms with E-state index in [1.807, 2.05) is 0 Å². The molecule has 0 radical (unpaired) electrons. The van der Waals surface area contributed by atoms with Crippen LogP contribution in [0.5, 0.6) is 11.5 Å². The average Bonchev–Trinajstić information content (AvgIpc) is 3.01. The van der Waals surface area contributed by atoms with Gasteiger partial charge in [-0.2, -0.15) is 0 Å². The van der Waals surface area contributed by atoms with E-state index in [0.29, 0.717) is 17.2 Å². The molecule has 1 saturated heterocycles. The Balaban J connectivity index is 1.74. The van der Waals surface area contributed by atoms with E-state index in [2.05, 4.69) is 4.72 Å². The van der Waals surface area contributed by atoms with Gasteiger partial charge in [-0.1, -0.05) is 0 Å². The van der Waals surface area contributed by atoms with Gasteiger partial charge in [0.2, 0.25) is 15.9 Å². The first kappa shape index (κ1) is 19.2. The Morgan fingerprint density at radius 2 is 1.78 bits per heavy atom. The van der Waals surface area contributed by atoms with Crippen molar-refractivity contribution in [2.45, 2.75) is 24.3 Å². The van der Waals surface area contributed by atoms with E-state index in [1.165, 1.54) is 13.2 Å². The maximum absolute atomic E-state index is 12.7. The quantitative estimate of drug-likeness (QED) is 0.816. The van der Waals surface area contributed by atoms with E-state index in [9.17, 15) is 13.2 Å². The van der Waals surface area contributed by atoms with Gasteiger partial charge in [-0.3, -0.25) is 4.79 Å². The molecule has 1 aliphatic heterocycles. The van der Waals surface area contributed by atoms with Crippen molar-refractivity contribution in [1.29, 1.82) is 0 Å². The summed E-state index contributed by atoms with van der Waals surface area (Å²) in [6.07, 6.45) is 0.112. The molecule has 1 atom stereocenters. The van der Waals surface area contributed by atoms with Crippen LogP contribution >= 0.6 is 0 Å². The number of sulfonamides is 1. The molecule has 8 heteroatoms. The van der Waals surface area contributed by atoms with Gasteiger partial charge < -0.3 is 14.4 Å². The van der Waals surface area contributed by atoms with Gasteiger partial charge in [-0.15, -0.1) is 0 Å². The highest BCUT2D eigenvalue weighted by atomic mass is 32.2. The summed E-state index contributed by atoms with van der Waals surface area (Å²) in [6, 6.07) is 11.3. The first-order valence-corrected chi connectivity index (χ1v) is 9.94. The van der Waals surface area contributed by atoms with Crippen LogP contribution in [-0.4, -0.2) is 41.1 Å². The molecule has 1 amide bonds. The fraction of sp³-hybridized carbons (Fsp3) is 0.316. The van der Waals surface area contributed by atoms with E-state index in [-0.39, 0.29) is 23.8 Å². The summed E-state index contributed by atoms with van der Waals surface area (Å²) in [7, 11) is -0.630. The number of nitrogens with one attached hydrogen (secondary N) is 1. The number of rotatable bonds is 6. The third-order valence-electron chi connectivity index (χ3n) is 4.51. The van der Waals surface area contributed by atoms with Crippen molar-refractivity contribution in [3.63, 3.8) is 0 Å². The van der Waals surface area contributed by atoms with Gasteiger partial charge in [-0.05, 0) is 55.0 Å². The lowest BCUT2D eigenvalue weighted by Gasteiger charge is -2.18. The monoisotopic (exact) mass is 390 g/mol. The zero-order chi connectivity index (χ0) is 19.6. The average molecular weight is 390 g/mol. The van der Waals surface area contributed by atoms with Gasteiger partial charge in [-0.25, -0.2) is 13.1 Å². The second kappa shape index (κ2) is 7.58. The lowest BCUT2D eigenvalue weighted by Crippen LogP contribution is -2.37. The largest absolute Gasteiger partial charge is 0.497 e. The summed E-state index contributed by atoms with van der Waals surface area (Å²) in [5.41, 5.74) is 1.44. The highest BCUT2D eigenvalue weighted by Crippen LogP contribution is 2.26. The van der Waals surface area contributed by atoms with Crippen molar-refractivity contribution in [3.05, 3.63) is 48.0 Å². The number of hydrogen-bond acceptors (Lipinski definition) is 5. The van der Waals surface area contributed by atoms with E-state index >= 15 is 0 Å². The fourth-order valence-corrected chi connectivity index (χ4v) is 4.42. The van der Waals surface area contributed by atoms with E-state index in [1.54, 1.807) is 55.3 Å². The van der Waals surface area contributed by atoms with Crippen LogP contribution in [-0.2, 0) is 14.8 Å². The van der Waals surface area contributed by atoms with Gasteiger partial charge in [0.05, 0.1) is 19.1 Å². The van der Waals surface area contributed by atoms with Crippen molar-refractivity contribution in [1.82, 2.24) is 4.72 Å². The Morgan fingerprint density at radius 1 is 1.07 bits per heavy atom. The molecule has 1 aliphatic rings. The number of benzene rings is 2. The Labute approximate surface area is 158 Å². The Hall–Kier alpha value is -2.58. The van der Waals surface area contributed by atoms with Crippen molar-refractivity contribution < 1.29 is 22.7 Å². The van der Waals surface area contributed by atoms with E-state index in [4.69, 9.17) is 9.47 Å². The summed E-state index contributed by atoms with van der Waals surface area (Å²) < 4.78 is 38.3. The molecule has 1 fully saturated rings. The van der Waals surface area contributed by atoms with E-state index in [0.717, 1.165) is 5.56 Å². The molecule has 1 heterocycles. The summed E-state index contributed by atoms with van der Waals surface area (Å²) >= 11 is 0. The highest BCUT2D eigenvalue weighted by molar-refractivity contribution is 7.89. The zero-order valence-electron chi connectivity index (χ0n) is 15.4. The van der Waals surface area contributed by atoms with Gasteiger partial charge in [0.15, 0.2) is 0 Å². The molecule has 0 aromatic heterocycles. The Morgan fingerprint density at radius 3 is 2.37 bits per heavy atom. The number of carbonyl (C=O) groups excluding carboxylic acids is 1. The summed E-state index contributed by atoms with van der Waals surface area (Å²) in [5.74, 6) is 1.19. The first-order chi connectivity index (χ1) is 12.8. The molecule has 7 nitrogen and oxygen atoms in total. The van der Waals surface area contributed by atoms with Gasteiger partial charge in [0, 0.05) is 24.7 Å². The third-order valence-corrected chi connectivity index (χ3v) is 6.03. The highest BCUT2D eigenvalue weighted by Gasteiger charge is 2.33. The van der Waals surface area contributed by atoms with Crippen LogP contribution in [0.3, 0.4) is 0 Å². The molecule has 2 aromatic rings. The second-order valence-electron chi connectivity index (χ2n) is 6.36. The van der Waals surface area contributed by atoms with Crippen molar-refractivity contribution in [2.75, 3.05) is 25.7 Å².